The van der Waals surface area contributed by atoms with Gasteiger partial charge in [-0.2, -0.15) is 0 Å². The molecule has 0 amide bonds. The lowest BCUT2D eigenvalue weighted by molar-refractivity contribution is 0.158. The van der Waals surface area contributed by atoms with E-state index in [9.17, 15) is 0 Å². The van der Waals surface area contributed by atoms with E-state index in [2.05, 4.69) is 59.8 Å². The number of pyridine rings is 1. The highest BCUT2D eigenvalue weighted by Gasteiger charge is 2.38. The van der Waals surface area contributed by atoms with Crippen LogP contribution in [0, 0.1) is 6.92 Å². The molecule has 3 heteroatoms. The van der Waals surface area contributed by atoms with Crippen molar-refractivity contribution in [3.8, 4) is 0 Å². The van der Waals surface area contributed by atoms with E-state index in [-0.39, 0.29) is 0 Å². The van der Waals surface area contributed by atoms with Gasteiger partial charge in [-0.1, -0.05) is 18.2 Å². The second-order valence-corrected chi connectivity index (χ2v) is 7.46. The fourth-order valence-corrected chi connectivity index (χ4v) is 4.76. The van der Waals surface area contributed by atoms with Crippen LogP contribution in [0.15, 0.2) is 30.5 Å². The van der Waals surface area contributed by atoms with Gasteiger partial charge < -0.3 is 4.90 Å². The maximum absolute atomic E-state index is 4.61. The zero-order chi connectivity index (χ0) is 16.0. The van der Waals surface area contributed by atoms with E-state index >= 15 is 0 Å². The predicted molar refractivity (Wildman–Crippen MR) is 97.1 cm³/mol. The lowest BCUT2D eigenvalue weighted by atomic mass is 10.1. The Morgan fingerprint density at radius 3 is 2.74 bits per heavy atom. The van der Waals surface area contributed by atoms with Crippen molar-refractivity contribution in [3.05, 3.63) is 36.0 Å². The second-order valence-electron chi connectivity index (χ2n) is 7.46. The van der Waals surface area contributed by atoms with Crippen LogP contribution in [0.2, 0.25) is 0 Å². The Morgan fingerprint density at radius 2 is 1.91 bits per heavy atom. The molecule has 2 bridgehead atoms. The molecular weight excluding hydrogens is 282 g/mol. The van der Waals surface area contributed by atoms with Crippen LogP contribution in [0.3, 0.4) is 0 Å². The molecular formula is C20H27N3. The molecule has 3 heterocycles. The first-order valence-corrected chi connectivity index (χ1v) is 9.02. The largest absolute Gasteiger partial charge is 0.369 e. The normalized spacial score (nSPS) is 25.3. The minimum atomic E-state index is 0.656. The summed E-state index contributed by atoms with van der Waals surface area (Å²) in [7, 11) is 0. The van der Waals surface area contributed by atoms with Crippen molar-refractivity contribution >= 4 is 16.6 Å². The molecule has 2 aliphatic rings. The number of para-hydroxylation sites is 1. The van der Waals surface area contributed by atoms with Gasteiger partial charge in [-0.3, -0.25) is 9.88 Å². The van der Waals surface area contributed by atoms with E-state index in [1.54, 1.807) is 0 Å². The zero-order valence-corrected chi connectivity index (χ0v) is 14.5. The molecule has 2 saturated heterocycles. The third-order valence-corrected chi connectivity index (χ3v) is 5.73. The Labute approximate surface area is 139 Å². The monoisotopic (exact) mass is 309 g/mol. The lowest BCUT2D eigenvalue weighted by Gasteiger charge is -2.32. The molecule has 0 aliphatic carbocycles. The van der Waals surface area contributed by atoms with Crippen molar-refractivity contribution in [2.24, 2.45) is 0 Å². The zero-order valence-electron chi connectivity index (χ0n) is 14.5. The molecule has 2 aliphatic heterocycles. The summed E-state index contributed by atoms with van der Waals surface area (Å²) in [5.74, 6) is 0. The standard InChI is InChI=1S/C20H27N3/c1-14(2)23-16-7-8-17(23)13-22(12-10-16)19-9-11-21-20-15(3)5-4-6-18(19)20/h4-6,9,11,14,16-17H,7-8,10,12-13H2,1-3H3. The number of rotatable bonds is 2. The molecule has 2 fully saturated rings. The Bertz CT molecular complexity index is 709. The summed E-state index contributed by atoms with van der Waals surface area (Å²) in [4.78, 5) is 10.00. The summed E-state index contributed by atoms with van der Waals surface area (Å²) >= 11 is 0. The topological polar surface area (TPSA) is 19.4 Å². The van der Waals surface area contributed by atoms with Gasteiger partial charge in [0, 0.05) is 48.5 Å². The summed E-state index contributed by atoms with van der Waals surface area (Å²) in [6.07, 6.45) is 5.99. The van der Waals surface area contributed by atoms with Gasteiger partial charge >= 0.3 is 0 Å². The van der Waals surface area contributed by atoms with Gasteiger partial charge in [-0.15, -0.1) is 0 Å². The number of benzene rings is 1. The van der Waals surface area contributed by atoms with Gasteiger partial charge in [0.25, 0.3) is 0 Å². The molecule has 2 unspecified atom stereocenters. The van der Waals surface area contributed by atoms with E-state index < -0.39 is 0 Å². The van der Waals surface area contributed by atoms with Crippen molar-refractivity contribution in [1.82, 2.24) is 9.88 Å². The minimum absolute atomic E-state index is 0.656. The first-order chi connectivity index (χ1) is 11.1. The van der Waals surface area contributed by atoms with Crippen molar-refractivity contribution < 1.29 is 0 Å². The fraction of sp³-hybridized carbons (Fsp3) is 0.550. The Kier molecular flexibility index (Phi) is 3.76. The van der Waals surface area contributed by atoms with E-state index in [1.165, 1.54) is 35.9 Å². The number of aromatic nitrogens is 1. The number of hydrogen-bond acceptors (Lipinski definition) is 3. The third-order valence-electron chi connectivity index (χ3n) is 5.73. The lowest BCUT2D eigenvalue weighted by Crippen LogP contribution is -2.43. The molecule has 0 spiro atoms. The van der Waals surface area contributed by atoms with Gasteiger partial charge in [0.1, 0.15) is 0 Å². The SMILES string of the molecule is Cc1cccc2c(N3CCC4CCC(C3)N4C(C)C)ccnc12. The molecule has 0 N–H and O–H groups in total. The number of hydrogen-bond donors (Lipinski definition) is 0. The first kappa shape index (κ1) is 14.9. The first-order valence-electron chi connectivity index (χ1n) is 9.02. The van der Waals surface area contributed by atoms with Gasteiger partial charge in [-0.05, 0) is 51.7 Å². The van der Waals surface area contributed by atoms with Crippen molar-refractivity contribution in [1.29, 1.82) is 0 Å². The van der Waals surface area contributed by atoms with E-state index in [0.29, 0.717) is 12.1 Å². The number of anilines is 1. The van der Waals surface area contributed by atoms with Crippen LogP contribution >= 0.6 is 0 Å². The van der Waals surface area contributed by atoms with Crippen LogP contribution in [-0.2, 0) is 0 Å². The van der Waals surface area contributed by atoms with Crippen molar-refractivity contribution in [2.75, 3.05) is 18.0 Å². The second kappa shape index (κ2) is 5.79. The smallest absolute Gasteiger partial charge is 0.0751 e. The molecule has 1 aromatic carbocycles. The molecule has 2 atom stereocenters. The summed E-state index contributed by atoms with van der Waals surface area (Å²) in [5.41, 5.74) is 3.79. The summed E-state index contributed by atoms with van der Waals surface area (Å²) in [6.45, 7) is 9.18. The van der Waals surface area contributed by atoms with Gasteiger partial charge in [-0.25, -0.2) is 0 Å². The van der Waals surface area contributed by atoms with Crippen LogP contribution in [-0.4, -0.2) is 41.1 Å². The predicted octanol–water partition coefficient (Wildman–Crippen LogP) is 3.99. The highest BCUT2D eigenvalue weighted by atomic mass is 15.3. The van der Waals surface area contributed by atoms with Crippen LogP contribution < -0.4 is 4.90 Å². The molecule has 1 aromatic heterocycles. The van der Waals surface area contributed by atoms with Gasteiger partial charge in [0.05, 0.1) is 5.52 Å². The Balaban J connectivity index is 1.71. The van der Waals surface area contributed by atoms with Crippen LogP contribution in [0.5, 0.6) is 0 Å². The van der Waals surface area contributed by atoms with Crippen LogP contribution in [0.4, 0.5) is 5.69 Å². The maximum Gasteiger partial charge on any atom is 0.0751 e. The van der Waals surface area contributed by atoms with Crippen LogP contribution in [0.1, 0.15) is 38.7 Å². The van der Waals surface area contributed by atoms with E-state index in [0.717, 1.165) is 24.6 Å². The average Bonchev–Trinajstić information content (AvgIpc) is 2.82. The average molecular weight is 309 g/mol. The van der Waals surface area contributed by atoms with Gasteiger partial charge in [0.2, 0.25) is 0 Å². The highest BCUT2D eigenvalue weighted by Crippen LogP contribution is 2.35. The molecule has 3 nitrogen and oxygen atoms in total. The van der Waals surface area contributed by atoms with Crippen molar-refractivity contribution in [3.63, 3.8) is 0 Å². The summed E-state index contributed by atoms with van der Waals surface area (Å²) in [5, 5.41) is 1.31. The molecule has 0 saturated carbocycles. The molecule has 0 radical (unpaired) electrons. The number of nitrogens with zero attached hydrogens (tertiary/aromatic N) is 3. The highest BCUT2D eigenvalue weighted by molar-refractivity contribution is 5.93. The summed E-state index contributed by atoms with van der Waals surface area (Å²) in [6, 6.07) is 10.9. The van der Waals surface area contributed by atoms with E-state index in [1.807, 2.05) is 6.20 Å². The summed E-state index contributed by atoms with van der Waals surface area (Å²) < 4.78 is 0. The fourth-order valence-electron chi connectivity index (χ4n) is 4.76. The maximum atomic E-state index is 4.61. The number of aryl methyl sites for hydroxylation is 1. The van der Waals surface area contributed by atoms with Crippen LogP contribution in [0.25, 0.3) is 10.9 Å². The van der Waals surface area contributed by atoms with Gasteiger partial charge in [0.15, 0.2) is 0 Å². The Hall–Kier alpha value is -1.61. The molecule has 2 aromatic rings. The molecule has 4 rings (SSSR count). The third kappa shape index (κ3) is 2.51. The quantitative estimate of drug-likeness (QED) is 0.836. The van der Waals surface area contributed by atoms with E-state index in [4.69, 9.17) is 0 Å². The minimum Gasteiger partial charge on any atom is -0.369 e. The number of fused-ring (bicyclic) bond motifs is 3. The molecule has 122 valence electrons. The van der Waals surface area contributed by atoms with Crippen molar-refractivity contribution in [2.45, 2.75) is 58.2 Å². The molecule has 23 heavy (non-hydrogen) atoms. The Morgan fingerprint density at radius 1 is 1.09 bits per heavy atom.